The Kier molecular flexibility index (Phi) is 9.15. The lowest BCUT2D eigenvalue weighted by atomic mass is 9.94. The molecule has 0 saturated carbocycles. The Labute approximate surface area is 230 Å². The number of hydrogen-bond acceptors (Lipinski definition) is 7. The van der Waals surface area contributed by atoms with Crippen molar-refractivity contribution in [2.24, 2.45) is 0 Å². The van der Waals surface area contributed by atoms with E-state index in [1.165, 1.54) is 0 Å². The summed E-state index contributed by atoms with van der Waals surface area (Å²) in [4.78, 5) is 18.6. The molecule has 1 atom stereocenters. The van der Waals surface area contributed by atoms with E-state index in [9.17, 15) is 4.79 Å². The molecule has 0 fully saturated rings. The monoisotopic (exact) mass is 585 g/mol. The highest BCUT2D eigenvalue weighted by Crippen LogP contribution is 2.41. The second-order valence-electron chi connectivity index (χ2n) is 8.43. The van der Waals surface area contributed by atoms with Gasteiger partial charge in [-0.1, -0.05) is 53.2 Å². The van der Waals surface area contributed by atoms with Crippen LogP contribution in [0.25, 0.3) is 0 Å². The van der Waals surface area contributed by atoms with Gasteiger partial charge in [0.1, 0.15) is 17.5 Å². The van der Waals surface area contributed by atoms with E-state index in [1.807, 2.05) is 63.2 Å². The number of aromatic nitrogens is 3. The number of unbranched alkanes of at least 4 members (excludes halogenated alkanes) is 1. The van der Waals surface area contributed by atoms with Crippen molar-refractivity contribution in [1.82, 2.24) is 14.8 Å². The maximum Gasteiger partial charge on any atom is 0.255 e. The van der Waals surface area contributed by atoms with Gasteiger partial charge in [-0.15, -0.1) is 5.10 Å². The summed E-state index contributed by atoms with van der Waals surface area (Å²) in [6, 6.07) is 12.7. The summed E-state index contributed by atoms with van der Waals surface area (Å²) in [6.45, 7) is 8.89. The number of hydrogen-bond donors (Lipinski definition) is 2. The van der Waals surface area contributed by atoms with Crippen LogP contribution in [-0.2, 0) is 4.79 Å². The molecule has 2 aromatic carbocycles. The molecule has 1 aromatic heterocycles. The molecule has 1 unspecified atom stereocenters. The summed E-state index contributed by atoms with van der Waals surface area (Å²) in [6.07, 6.45) is 2.18. The predicted octanol–water partition coefficient (Wildman–Crippen LogP) is 6.66. The number of para-hydroxylation sites is 2. The number of nitrogens with zero attached hydrogens (tertiary/aromatic N) is 3. The largest absolute Gasteiger partial charge is 0.494 e. The van der Waals surface area contributed by atoms with Crippen LogP contribution in [0.15, 0.2) is 63.4 Å². The fourth-order valence-electron chi connectivity index (χ4n) is 4.14. The number of rotatable bonds is 11. The van der Waals surface area contributed by atoms with Gasteiger partial charge < -0.3 is 20.1 Å². The first-order valence-electron chi connectivity index (χ1n) is 12.5. The van der Waals surface area contributed by atoms with Gasteiger partial charge in [-0.3, -0.25) is 4.79 Å². The summed E-state index contributed by atoms with van der Waals surface area (Å²) in [5, 5.41) is 11.9. The summed E-state index contributed by atoms with van der Waals surface area (Å²) in [5.74, 6) is 2.57. The molecule has 1 aliphatic rings. The molecular weight excluding hydrogens is 554 g/mol. The van der Waals surface area contributed by atoms with E-state index in [4.69, 9.17) is 19.6 Å². The van der Waals surface area contributed by atoms with E-state index in [0.29, 0.717) is 52.8 Å². The molecule has 1 amide bonds. The average molecular weight is 587 g/mol. The lowest BCUT2D eigenvalue weighted by Crippen LogP contribution is -2.32. The van der Waals surface area contributed by atoms with Crippen LogP contribution in [0, 0.1) is 0 Å². The van der Waals surface area contributed by atoms with Gasteiger partial charge >= 0.3 is 0 Å². The van der Waals surface area contributed by atoms with Gasteiger partial charge in [-0.25, -0.2) is 4.68 Å². The third-order valence-electron chi connectivity index (χ3n) is 5.81. The Hall–Kier alpha value is -2.98. The molecule has 10 heteroatoms. The minimum Gasteiger partial charge on any atom is -0.494 e. The number of ether oxygens (including phenoxy) is 2. The quantitative estimate of drug-likeness (QED) is 0.192. The second-order valence-corrected chi connectivity index (χ2v) is 10.4. The standard InChI is InChI=1S/C27H32BrN5O3S/c1-5-8-15-37-27-31-26-29-17(4)23(25(34)30-20-11-9-10-12-22(20)36-7-3)24(33(26)32-27)19-16-18(28)13-14-21(19)35-6-2/h9-14,16,24H,5-8,15H2,1-4H3,(H,30,34)(H,29,31,32). The van der Waals surface area contributed by atoms with Gasteiger partial charge in [0, 0.05) is 21.5 Å². The molecule has 0 bridgehead atoms. The van der Waals surface area contributed by atoms with Crippen molar-refractivity contribution in [2.75, 3.05) is 29.6 Å². The molecule has 0 radical (unpaired) electrons. The van der Waals surface area contributed by atoms with Crippen molar-refractivity contribution in [1.29, 1.82) is 0 Å². The van der Waals surface area contributed by atoms with Crippen LogP contribution in [0.4, 0.5) is 11.6 Å². The van der Waals surface area contributed by atoms with E-state index >= 15 is 0 Å². The van der Waals surface area contributed by atoms with Crippen LogP contribution in [0.1, 0.15) is 52.1 Å². The van der Waals surface area contributed by atoms with Crippen molar-refractivity contribution in [2.45, 2.75) is 51.7 Å². The Morgan fingerprint density at radius 3 is 2.65 bits per heavy atom. The van der Waals surface area contributed by atoms with Crippen molar-refractivity contribution < 1.29 is 14.3 Å². The van der Waals surface area contributed by atoms with Crippen LogP contribution in [-0.4, -0.2) is 39.6 Å². The third kappa shape index (κ3) is 6.13. The molecule has 8 nitrogen and oxygen atoms in total. The fourth-order valence-corrected chi connectivity index (χ4v) is 5.43. The van der Waals surface area contributed by atoms with Crippen molar-refractivity contribution in [3.63, 3.8) is 0 Å². The highest BCUT2D eigenvalue weighted by Gasteiger charge is 2.36. The molecule has 0 spiro atoms. The van der Waals surface area contributed by atoms with Gasteiger partial charge in [-0.05, 0) is 57.5 Å². The zero-order valence-corrected chi connectivity index (χ0v) is 23.9. The Morgan fingerprint density at radius 1 is 1.14 bits per heavy atom. The zero-order chi connectivity index (χ0) is 26.4. The van der Waals surface area contributed by atoms with E-state index in [1.54, 1.807) is 16.4 Å². The number of amides is 1. The van der Waals surface area contributed by atoms with E-state index in [2.05, 4.69) is 33.5 Å². The summed E-state index contributed by atoms with van der Waals surface area (Å²) < 4.78 is 14.4. The van der Waals surface area contributed by atoms with Crippen molar-refractivity contribution in [3.05, 3.63) is 63.8 Å². The first-order chi connectivity index (χ1) is 18.0. The molecular formula is C27H32BrN5O3S. The van der Waals surface area contributed by atoms with E-state index in [0.717, 1.165) is 28.6 Å². The van der Waals surface area contributed by atoms with Gasteiger partial charge in [-0.2, -0.15) is 4.98 Å². The first kappa shape index (κ1) is 27.1. The minimum atomic E-state index is -0.553. The number of halogens is 1. The van der Waals surface area contributed by atoms with Crippen molar-refractivity contribution in [3.8, 4) is 11.5 Å². The Bertz CT molecular complexity index is 1290. The topological polar surface area (TPSA) is 90.3 Å². The highest BCUT2D eigenvalue weighted by atomic mass is 79.9. The maximum atomic E-state index is 13.9. The molecule has 2 N–H and O–H groups in total. The van der Waals surface area contributed by atoms with E-state index < -0.39 is 6.04 Å². The smallest absolute Gasteiger partial charge is 0.255 e. The van der Waals surface area contributed by atoms with Crippen LogP contribution in [0.5, 0.6) is 11.5 Å². The lowest BCUT2D eigenvalue weighted by molar-refractivity contribution is -0.113. The summed E-state index contributed by atoms with van der Waals surface area (Å²) in [5.41, 5.74) is 2.64. The second kappa shape index (κ2) is 12.5. The number of allylic oxidation sites excluding steroid dienone is 1. The molecule has 4 rings (SSSR count). The first-order valence-corrected chi connectivity index (χ1v) is 14.3. The summed E-state index contributed by atoms with van der Waals surface area (Å²) >= 11 is 5.22. The lowest BCUT2D eigenvalue weighted by Gasteiger charge is -2.30. The van der Waals surface area contributed by atoms with Crippen LogP contribution < -0.4 is 20.1 Å². The maximum absolute atomic E-state index is 13.9. The van der Waals surface area contributed by atoms with E-state index in [-0.39, 0.29) is 5.91 Å². The number of fused-ring (bicyclic) bond motifs is 1. The van der Waals surface area contributed by atoms with Gasteiger partial charge in [0.15, 0.2) is 0 Å². The zero-order valence-electron chi connectivity index (χ0n) is 21.5. The number of carbonyl (C=O) groups excluding carboxylic acids is 1. The molecule has 1 aliphatic heterocycles. The van der Waals surface area contributed by atoms with Crippen LogP contribution >= 0.6 is 27.7 Å². The number of nitrogens with one attached hydrogen (secondary N) is 2. The van der Waals surface area contributed by atoms with Gasteiger partial charge in [0.25, 0.3) is 5.91 Å². The molecule has 37 heavy (non-hydrogen) atoms. The highest BCUT2D eigenvalue weighted by molar-refractivity contribution is 9.10. The molecule has 0 aliphatic carbocycles. The SMILES string of the molecule is CCCCSc1nc2n(n1)C(c1cc(Br)ccc1OCC)C(C(=O)Nc1ccccc1OCC)=C(C)N2. The normalized spacial score (nSPS) is 14.7. The van der Waals surface area contributed by atoms with Crippen LogP contribution in [0.2, 0.25) is 0 Å². The molecule has 196 valence electrons. The molecule has 3 aromatic rings. The van der Waals surface area contributed by atoms with Gasteiger partial charge in [0.2, 0.25) is 11.1 Å². The third-order valence-corrected chi connectivity index (χ3v) is 7.23. The number of benzene rings is 2. The van der Waals surface area contributed by atoms with Gasteiger partial charge in [0.05, 0.1) is 24.5 Å². The molecule has 0 saturated heterocycles. The fraction of sp³-hybridized carbons (Fsp3) is 0.370. The van der Waals surface area contributed by atoms with Crippen LogP contribution in [0.3, 0.4) is 0 Å². The summed E-state index contributed by atoms with van der Waals surface area (Å²) in [7, 11) is 0. The predicted molar refractivity (Wildman–Crippen MR) is 152 cm³/mol. The number of carbonyl (C=O) groups is 1. The number of thioether (sulfide) groups is 1. The Morgan fingerprint density at radius 2 is 1.89 bits per heavy atom. The van der Waals surface area contributed by atoms with Crippen molar-refractivity contribution >= 4 is 45.2 Å². The minimum absolute atomic E-state index is 0.258. The average Bonchev–Trinajstić information content (AvgIpc) is 3.28. The molecule has 2 heterocycles. The Balaban J connectivity index is 1.80. The number of anilines is 2.